The van der Waals surface area contributed by atoms with Crippen LogP contribution in [0.1, 0.15) is 25.5 Å². The van der Waals surface area contributed by atoms with E-state index >= 15 is 0 Å². The fraction of sp³-hybridized carbons (Fsp3) is 0.500. The molecule has 1 heterocycles. The van der Waals surface area contributed by atoms with Gasteiger partial charge in [-0.1, -0.05) is 13.0 Å². The van der Waals surface area contributed by atoms with Crippen LogP contribution in [0.3, 0.4) is 0 Å². The highest BCUT2D eigenvalue weighted by Crippen LogP contribution is 2.29. The van der Waals surface area contributed by atoms with Crippen molar-refractivity contribution in [3.05, 3.63) is 22.7 Å². The second kappa shape index (κ2) is 3.60. The van der Waals surface area contributed by atoms with Gasteiger partial charge in [0.05, 0.1) is 11.2 Å². The fourth-order valence-electron chi connectivity index (χ4n) is 1.88. The largest absolute Gasteiger partial charge is 0.324 e. The van der Waals surface area contributed by atoms with Gasteiger partial charge in [-0.15, -0.1) is 11.3 Å². The minimum Gasteiger partial charge on any atom is -0.324 e. The molecule has 2 atom stereocenters. The maximum absolute atomic E-state index is 5.92. The Bertz CT molecular complexity index is 303. The first kappa shape index (κ1) is 8.91. The van der Waals surface area contributed by atoms with Crippen molar-refractivity contribution >= 4 is 16.9 Å². The lowest BCUT2D eigenvalue weighted by Crippen LogP contribution is -2.24. The van der Waals surface area contributed by atoms with Gasteiger partial charge >= 0.3 is 0 Å². The molecule has 0 spiro atoms. The molecular formula is C10H14N2S. The first-order chi connectivity index (χ1) is 6.25. The molecule has 0 amide bonds. The van der Waals surface area contributed by atoms with Crippen LogP contribution in [0.25, 0.3) is 5.57 Å². The van der Waals surface area contributed by atoms with Crippen LogP contribution in [-0.4, -0.2) is 11.0 Å². The Morgan fingerprint density at radius 3 is 3.08 bits per heavy atom. The predicted octanol–water partition coefficient (Wildman–Crippen LogP) is 2.28. The number of hydrogen-bond donors (Lipinski definition) is 1. The second-order valence-electron chi connectivity index (χ2n) is 3.77. The van der Waals surface area contributed by atoms with Crippen LogP contribution in [0, 0.1) is 5.92 Å². The monoisotopic (exact) mass is 194 g/mol. The summed E-state index contributed by atoms with van der Waals surface area (Å²) >= 11 is 1.64. The summed E-state index contributed by atoms with van der Waals surface area (Å²) in [6.45, 7) is 2.25. The van der Waals surface area contributed by atoms with Crippen LogP contribution in [0.2, 0.25) is 0 Å². The second-order valence-corrected chi connectivity index (χ2v) is 4.49. The van der Waals surface area contributed by atoms with E-state index in [1.54, 1.807) is 11.3 Å². The Morgan fingerprint density at radius 1 is 1.62 bits per heavy atom. The van der Waals surface area contributed by atoms with Crippen LogP contribution in [-0.2, 0) is 0 Å². The van der Waals surface area contributed by atoms with Crippen molar-refractivity contribution in [2.75, 3.05) is 0 Å². The summed E-state index contributed by atoms with van der Waals surface area (Å²) in [5.41, 5.74) is 10.2. The Hall–Kier alpha value is -0.670. The minimum atomic E-state index is 0.223. The maximum Gasteiger partial charge on any atom is 0.0798 e. The molecule has 0 bridgehead atoms. The van der Waals surface area contributed by atoms with Crippen LogP contribution in [0.5, 0.6) is 0 Å². The quantitative estimate of drug-likeness (QED) is 0.745. The maximum atomic E-state index is 5.92. The number of rotatable bonds is 1. The van der Waals surface area contributed by atoms with Gasteiger partial charge in [0, 0.05) is 11.4 Å². The van der Waals surface area contributed by atoms with Crippen molar-refractivity contribution in [1.82, 2.24) is 4.98 Å². The van der Waals surface area contributed by atoms with E-state index < -0.39 is 0 Å². The first-order valence-corrected chi connectivity index (χ1v) is 5.55. The molecule has 2 unspecified atom stereocenters. The third-order valence-corrected chi connectivity index (χ3v) is 3.01. The predicted molar refractivity (Wildman–Crippen MR) is 56.5 cm³/mol. The molecular weight excluding hydrogens is 180 g/mol. The molecule has 2 N–H and O–H groups in total. The molecule has 1 aromatic rings. The van der Waals surface area contributed by atoms with Gasteiger partial charge in [-0.25, -0.2) is 4.98 Å². The van der Waals surface area contributed by atoms with Gasteiger partial charge < -0.3 is 5.73 Å². The van der Waals surface area contributed by atoms with Crippen molar-refractivity contribution in [2.45, 2.75) is 25.8 Å². The number of hydrogen-bond acceptors (Lipinski definition) is 3. The minimum absolute atomic E-state index is 0.223. The zero-order valence-electron chi connectivity index (χ0n) is 7.73. The van der Waals surface area contributed by atoms with Gasteiger partial charge in [0.15, 0.2) is 0 Å². The molecule has 1 aliphatic rings. The normalized spacial score (nSPS) is 28.6. The van der Waals surface area contributed by atoms with Gasteiger partial charge in [0.1, 0.15) is 0 Å². The van der Waals surface area contributed by atoms with E-state index in [1.165, 1.54) is 5.57 Å². The average molecular weight is 194 g/mol. The molecule has 1 aromatic heterocycles. The molecule has 2 rings (SSSR count). The lowest BCUT2D eigenvalue weighted by molar-refractivity contribution is 0.495. The molecule has 2 nitrogen and oxygen atoms in total. The standard InChI is InChI=1S/C10H14N2S/c1-7-2-8(4-9(11)3-7)10-5-13-6-12-10/h4-7,9H,2-3,11H2,1H3. The zero-order valence-corrected chi connectivity index (χ0v) is 8.55. The topological polar surface area (TPSA) is 38.9 Å². The lowest BCUT2D eigenvalue weighted by Gasteiger charge is -2.22. The van der Waals surface area contributed by atoms with E-state index in [1.807, 2.05) is 5.51 Å². The molecule has 1 aliphatic carbocycles. The van der Waals surface area contributed by atoms with Gasteiger partial charge in [0.2, 0.25) is 0 Å². The SMILES string of the molecule is CC1CC(c2cscn2)=CC(N)C1. The van der Waals surface area contributed by atoms with Gasteiger partial charge in [-0.3, -0.25) is 0 Å². The van der Waals surface area contributed by atoms with E-state index in [-0.39, 0.29) is 6.04 Å². The number of nitrogens with zero attached hydrogens (tertiary/aromatic N) is 1. The number of thiazole rings is 1. The fourth-order valence-corrected chi connectivity index (χ4v) is 2.46. The highest BCUT2D eigenvalue weighted by molar-refractivity contribution is 7.07. The first-order valence-electron chi connectivity index (χ1n) is 4.60. The summed E-state index contributed by atoms with van der Waals surface area (Å²) in [5.74, 6) is 0.691. The van der Waals surface area contributed by atoms with Gasteiger partial charge in [-0.05, 0) is 24.3 Å². The summed E-state index contributed by atoms with van der Waals surface area (Å²) in [6, 6.07) is 0.223. The molecule has 0 fully saturated rings. The summed E-state index contributed by atoms with van der Waals surface area (Å²) in [4.78, 5) is 4.30. The van der Waals surface area contributed by atoms with Gasteiger partial charge in [-0.2, -0.15) is 0 Å². The van der Waals surface area contributed by atoms with Crippen LogP contribution < -0.4 is 5.73 Å². The van der Waals surface area contributed by atoms with Crippen molar-refractivity contribution in [3.8, 4) is 0 Å². The van der Waals surface area contributed by atoms with E-state index in [0.29, 0.717) is 5.92 Å². The Morgan fingerprint density at radius 2 is 2.46 bits per heavy atom. The van der Waals surface area contributed by atoms with E-state index in [4.69, 9.17) is 5.73 Å². The summed E-state index contributed by atoms with van der Waals surface area (Å²) < 4.78 is 0. The van der Waals surface area contributed by atoms with Crippen LogP contribution in [0.15, 0.2) is 17.0 Å². The molecule has 0 radical (unpaired) electrons. The van der Waals surface area contributed by atoms with Gasteiger partial charge in [0.25, 0.3) is 0 Å². The van der Waals surface area contributed by atoms with Crippen molar-refractivity contribution in [2.24, 2.45) is 11.7 Å². The highest BCUT2D eigenvalue weighted by atomic mass is 32.1. The van der Waals surface area contributed by atoms with Crippen molar-refractivity contribution < 1.29 is 0 Å². The molecule has 13 heavy (non-hydrogen) atoms. The number of nitrogens with two attached hydrogens (primary N) is 1. The Balaban J connectivity index is 2.24. The van der Waals surface area contributed by atoms with E-state index in [2.05, 4.69) is 23.4 Å². The van der Waals surface area contributed by atoms with Crippen LogP contribution in [0.4, 0.5) is 0 Å². The molecule has 70 valence electrons. The Kier molecular flexibility index (Phi) is 2.47. The molecule has 3 heteroatoms. The molecule has 0 saturated carbocycles. The number of aromatic nitrogens is 1. The average Bonchev–Trinajstić information content (AvgIpc) is 2.53. The highest BCUT2D eigenvalue weighted by Gasteiger charge is 2.18. The van der Waals surface area contributed by atoms with E-state index in [0.717, 1.165) is 18.5 Å². The molecule has 0 aliphatic heterocycles. The smallest absolute Gasteiger partial charge is 0.0798 e. The van der Waals surface area contributed by atoms with Crippen LogP contribution >= 0.6 is 11.3 Å². The Labute approximate surface area is 82.5 Å². The molecule has 0 aromatic carbocycles. The third kappa shape index (κ3) is 1.98. The lowest BCUT2D eigenvalue weighted by atomic mass is 9.86. The third-order valence-electron chi connectivity index (χ3n) is 2.42. The van der Waals surface area contributed by atoms with E-state index in [9.17, 15) is 0 Å². The molecule has 0 saturated heterocycles. The van der Waals surface area contributed by atoms with Crippen molar-refractivity contribution in [1.29, 1.82) is 0 Å². The number of allylic oxidation sites excluding steroid dienone is 1. The van der Waals surface area contributed by atoms with Crippen molar-refractivity contribution in [3.63, 3.8) is 0 Å². The summed E-state index contributed by atoms with van der Waals surface area (Å²) in [5, 5.41) is 2.09. The summed E-state index contributed by atoms with van der Waals surface area (Å²) in [6.07, 6.45) is 4.39. The zero-order chi connectivity index (χ0) is 9.26. The summed E-state index contributed by atoms with van der Waals surface area (Å²) in [7, 11) is 0.